The number of amides is 2. The Bertz CT molecular complexity index is 970. The third-order valence-corrected chi connectivity index (χ3v) is 4.89. The zero-order chi connectivity index (χ0) is 21.7. The van der Waals surface area contributed by atoms with Crippen molar-refractivity contribution in [3.8, 4) is 0 Å². The van der Waals surface area contributed by atoms with Crippen LogP contribution >= 0.6 is 0 Å². The molecule has 0 fully saturated rings. The SMILES string of the molecule is O=C(CCC(=O)c1ccc2c(c1)CCC2)Nc1ccccc1C(=O)NCC(F)(F)F. The van der Waals surface area contributed by atoms with Crippen molar-refractivity contribution in [2.24, 2.45) is 0 Å². The number of aryl methyl sites for hydroxylation is 2. The zero-order valence-electron chi connectivity index (χ0n) is 16.1. The molecular formula is C22H21F3N2O3. The highest BCUT2D eigenvalue weighted by Gasteiger charge is 2.28. The largest absolute Gasteiger partial charge is 0.405 e. The summed E-state index contributed by atoms with van der Waals surface area (Å²) in [6.07, 6.45) is -1.61. The van der Waals surface area contributed by atoms with Gasteiger partial charge in [-0.25, -0.2) is 0 Å². The second-order valence-corrected chi connectivity index (χ2v) is 7.15. The summed E-state index contributed by atoms with van der Waals surface area (Å²) in [6.45, 7) is -1.47. The molecule has 1 aliphatic rings. The van der Waals surface area contributed by atoms with E-state index in [4.69, 9.17) is 0 Å². The number of halogens is 3. The second kappa shape index (κ2) is 9.11. The number of para-hydroxylation sites is 1. The summed E-state index contributed by atoms with van der Waals surface area (Å²) in [5.74, 6) is -1.60. The van der Waals surface area contributed by atoms with Gasteiger partial charge in [-0.05, 0) is 48.6 Å². The van der Waals surface area contributed by atoms with Crippen molar-refractivity contribution in [2.45, 2.75) is 38.3 Å². The Balaban J connectivity index is 1.57. The average molecular weight is 418 g/mol. The highest BCUT2D eigenvalue weighted by Crippen LogP contribution is 2.24. The summed E-state index contributed by atoms with van der Waals surface area (Å²) in [5, 5.41) is 4.28. The van der Waals surface area contributed by atoms with E-state index in [1.54, 1.807) is 17.4 Å². The van der Waals surface area contributed by atoms with E-state index in [-0.39, 0.29) is 29.9 Å². The minimum atomic E-state index is -4.54. The summed E-state index contributed by atoms with van der Waals surface area (Å²) in [7, 11) is 0. The Morgan fingerprint density at radius 1 is 0.933 bits per heavy atom. The van der Waals surface area contributed by atoms with Gasteiger partial charge in [0.05, 0.1) is 11.3 Å². The van der Waals surface area contributed by atoms with Crippen molar-refractivity contribution in [3.63, 3.8) is 0 Å². The number of hydrogen-bond donors (Lipinski definition) is 2. The molecule has 3 rings (SSSR count). The highest BCUT2D eigenvalue weighted by molar-refractivity contribution is 6.05. The summed E-state index contributed by atoms with van der Waals surface area (Å²) in [4.78, 5) is 36.7. The molecule has 0 aliphatic heterocycles. The molecule has 8 heteroatoms. The molecule has 0 aromatic heterocycles. The lowest BCUT2D eigenvalue weighted by atomic mass is 10.0. The molecular weight excluding hydrogens is 397 g/mol. The van der Waals surface area contributed by atoms with Gasteiger partial charge in [0.2, 0.25) is 5.91 Å². The van der Waals surface area contributed by atoms with Gasteiger partial charge in [0.25, 0.3) is 5.91 Å². The maximum Gasteiger partial charge on any atom is 0.405 e. The molecule has 158 valence electrons. The van der Waals surface area contributed by atoms with Gasteiger partial charge in [0, 0.05) is 18.4 Å². The first-order valence-corrected chi connectivity index (χ1v) is 9.62. The molecule has 0 heterocycles. The fourth-order valence-corrected chi connectivity index (χ4v) is 3.40. The Labute approximate surface area is 171 Å². The number of alkyl halides is 3. The van der Waals surface area contributed by atoms with Crippen molar-refractivity contribution in [1.29, 1.82) is 0 Å². The Morgan fingerprint density at radius 3 is 2.43 bits per heavy atom. The fraction of sp³-hybridized carbons (Fsp3) is 0.318. The molecule has 1 aliphatic carbocycles. The first-order valence-electron chi connectivity index (χ1n) is 9.62. The Kier molecular flexibility index (Phi) is 6.54. The lowest BCUT2D eigenvalue weighted by Crippen LogP contribution is -2.34. The summed E-state index contributed by atoms with van der Waals surface area (Å²) < 4.78 is 36.9. The first-order chi connectivity index (χ1) is 14.2. The smallest absolute Gasteiger partial charge is 0.343 e. The van der Waals surface area contributed by atoms with Gasteiger partial charge in [0.15, 0.2) is 5.78 Å². The van der Waals surface area contributed by atoms with E-state index >= 15 is 0 Å². The number of ketones is 1. The number of hydrogen-bond acceptors (Lipinski definition) is 3. The first kappa shape index (κ1) is 21.5. The van der Waals surface area contributed by atoms with Crippen LogP contribution in [0.25, 0.3) is 0 Å². The van der Waals surface area contributed by atoms with E-state index in [0.717, 1.165) is 19.3 Å². The normalized spacial score (nSPS) is 12.9. The Hall–Kier alpha value is -3.16. The molecule has 0 bridgehead atoms. The topological polar surface area (TPSA) is 75.3 Å². The number of nitrogens with one attached hydrogen (secondary N) is 2. The number of fused-ring (bicyclic) bond motifs is 1. The van der Waals surface area contributed by atoms with Gasteiger partial charge < -0.3 is 10.6 Å². The second-order valence-electron chi connectivity index (χ2n) is 7.15. The van der Waals surface area contributed by atoms with Crippen LogP contribution in [0.3, 0.4) is 0 Å². The number of anilines is 1. The quantitative estimate of drug-likeness (QED) is 0.666. The van der Waals surface area contributed by atoms with Crippen LogP contribution < -0.4 is 10.6 Å². The van der Waals surface area contributed by atoms with E-state index in [2.05, 4.69) is 5.32 Å². The predicted molar refractivity (Wildman–Crippen MR) is 105 cm³/mol. The van der Waals surface area contributed by atoms with Crippen LogP contribution in [0.2, 0.25) is 0 Å². The van der Waals surface area contributed by atoms with E-state index in [9.17, 15) is 27.6 Å². The maximum atomic E-state index is 12.4. The third kappa shape index (κ3) is 5.68. The molecule has 0 unspecified atom stereocenters. The van der Waals surface area contributed by atoms with Crippen LogP contribution in [0.4, 0.5) is 18.9 Å². The number of Topliss-reactive ketones (excluding diaryl/α,β-unsaturated/α-hetero) is 1. The Morgan fingerprint density at radius 2 is 1.67 bits per heavy atom. The molecule has 0 atom stereocenters. The molecule has 5 nitrogen and oxygen atoms in total. The van der Waals surface area contributed by atoms with Crippen LogP contribution in [0.5, 0.6) is 0 Å². The van der Waals surface area contributed by atoms with Crippen molar-refractivity contribution < 1.29 is 27.6 Å². The standard InChI is InChI=1S/C22H21F3N2O3/c23-22(24,25)13-26-21(30)17-6-1-2-7-18(17)27-20(29)11-10-19(28)16-9-8-14-4-3-5-15(14)12-16/h1-2,6-9,12H,3-5,10-11,13H2,(H,26,30)(H,27,29). The molecule has 30 heavy (non-hydrogen) atoms. The van der Waals surface area contributed by atoms with Gasteiger partial charge in [-0.2, -0.15) is 13.2 Å². The van der Waals surface area contributed by atoms with Crippen molar-refractivity contribution in [3.05, 3.63) is 64.7 Å². The van der Waals surface area contributed by atoms with E-state index < -0.39 is 24.5 Å². The van der Waals surface area contributed by atoms with Crippen LogP contribution in [0, 0.1) is 0 Å². The van der Waals surface area contributed by atoms with E-state index in [1.807, 2.05) is 12.1 Å². The van der Waals surface area contributed by atoms with Gasteiger partial charge in [-0.3, -0.25) is 14.4 Å². The maximum absolute atomic E-state index is 12.4. The fourth-order valence-electron chi connectivity index (χ4n) is 3.40. The van der Waals surface area contributed by atoms with Gasteiger partial charge in [0.1, 0.15) is 6.54 Å². The van der Waals surface area contributed by atoms with Crippen molar-refractivity contribution >= 4 is 23.3 Å². The molecule has 0 spiro atoms. The van der Waals surface area contributed by atoms with E-state index in [0.29, 0.717) is 5.56 Å². The van der Waals surface area contributed by atoms with Crippen LogP contribution in [-0.2, 0) is 17.6 Å². The molecule has 2 amide bonds. The molecule has 2 N–H and O–H groups in total. The molecule has 0 saturated carbocycles. The third-order valence-electron chi connectivity index (χ3n) is 4.89. The molecule has 0 radical (unpaired) electrons. The number of carbonyl (C=O) groups excluding carboxylic acids is 3. The zero-order valence-corrected chi connectivity index (χ0v) is 16.1. The lowest BCUT2D eigenvalue weighted by molar-refractivity contribution is -0.123. The van der Waals surface area contributed by atoms with Gasteiger partial charge >= 0.3 is 6.18 Å². The molecule has 2 aromatic rings. The van der Waals surface area contributed by atoms with E-state index in [1.165, 1.54) is 29.3 Å². The van der Waals surface area contributed by atoms with Crippen LogP contribution in [0.15, 0.2) is 42.5 Å². The number of benzene rings is 2. The number of rotatable bonds is 7. The minimum Gasteiger partial charge on any atom is -0.343 e. The summed E-state index contributed by atoms with van der Waals surface area (Å²) >= 11 is 0. The average Bonchev–Trinajstić information content (AvgIpc) is 3.18. The molecule has 2 aromatic carbocycles. The van der Waals surface area contributed by atoms with Gasteiger partial charge in [-0.15, -0.1) is 0 Å². The van der Waals surface area contributed by atoms with Gasteiger partial charge in [-0.1, -0.05) is 24.3 Å². The monoisotopic (exact) mass is 418 g/mol. The van der Waals surface area contributed by atoms with Crippen LogP contribution in [0.1, 0.15) is 51.1 Å². The highest BCUT2D eigenvalue weighted by atomic mass is 19.4. The minimum absolute atomic E-state index is 0.00689. The summed E-state index contributed by atoms with van der Waals surface area (Å²) in [6, 6.07) is 11.4. The van der Waals surface area contributed by atoms with Crippen molar-refractivity contribution in [1.82, 2.24) is 5.32 Å². The number of carbonyl (C=O) groups is 3. The predicted octanol–water partition coefficient (Wildman–Crippen LogP) is 4.07. The summed E-state index contributed by atoms with van der Waals surface area (Å²) in [5.41, 5.74) is 3.00. The van der Waals surface area contributed by atoms with Crippen molar-refractivity contribution in [2.75, 3.05) is 11.9 Å². The lowest BCUT2D eigenvalue weighted by Gasteiger charge is -2.12. The molecule has 0 saturated heterocycles. The van der Waals surface area contributed by atoms with Crippen LogP contribution in [-0.4, -0.2) is 30.3 Å².